The van der Waals surface area contributed by atoms with Gasteiger partial charge in [-0.2, -0.15) is 0 Å². The van der Waals surface area contributed by atoms with Crippen LogP contribution in [0, 0.1) is 12.8 Å². The Hall–Kier alpha value is -1.66. The first-order valence-electron chi connectivity index (χ1n) is 6.90. The number of carboxylic acids is 1. The van der Waals surface area contributed by atoms with E-state index in [4.69, 9.17) is 9.52 Å². The normalized spacial score (nSPS) is 11.5. The summed E-state index contributed by atoms with van der Waals surface area (Å²) in [6.45, 7) is 7.23. The summed E-state index contributed by atoms with van der Waals surface area (Å²) in [6, 6.07) is 3.91. The SMILES string of the molecule is Cc1oc(-c2cccs2)nc1CN(CC(=O)O)CC(C)C. The van der Waals surface area contributed by atoms with Gasteiger partial charge in [0.1, 0.15) is 5.76 Å². The summed E-state index contributed by atoms with van der Waals surface area (Å²) in [5, 5.41) is 11.0. The molecule has 0 bridgehead atoms. The monoisotopic (exact) mass is 308 g/mol. The van der Waals surface area contributed by atoms with E-state index in [9.17, 15) is 4.79 Å². The molecule has 0 aliphatic carbocycles. The van der Waals surface area contributed by atoms with Crippen LogP contribution in [0.3, 0.4) is 0 Å². The number of aromatic nitrogens is 1. The van der Waals surface area contributed by atoms with Crippen molar-refractivity contribution in [3.05, 3.63) is 29.0 Å². The minimum atomic E-state index is -0.824. The van der Waals surface area contributed by atoms with Crippen molar-refractivity contribution in [3.8, 4) is 10.8 Å². The van der Waals surface area contributed by atoms with Gasteiger partial charge >= 0.3 is 5.97 Å². The molecule has 0 fully saturated rings. The number of thiophene rings is 1. The molecule has 0 saturated heterocycles. The third kappa shape index (κ3) is 4.41. The summed E-state index contributed by atoms with van der Waals surface area (Å²) in [5.74, 6) is 0.929. The quantitative estimate of drug-likeness (QED) is 0.850. The second-order valence-corrected chi connectivity index (χ2v) is 6.40. The lowest BCUT2D eigenvalue weighted by Gasteiger charge is -2.21. The predicted molar refractivity (Wildman–Crippen MR) is 82.3 cm³/mol. The molecular formula is C15H20N2O3S. The Morgan fingerprint density at radius 3 is 2.86 bits per heavy atom. The number of rotatable bonds is 7. The molecule has 5 nitrogen and oxygen atoms in total. The summed E-state index contributed by atoms with van der Waals surface area (Å²) in [4.78, 5) is 18.4. The van der Waals surface area contributed by atoms with Crippen molar-refractivity contribution < 1.29 is 14.3 Å². The lowest BCUT2D eigenvalue weighted by atomic mass is 10.2. The Morgan fingerprint density at radius 2 is 2.29 bits per heavy atom. The van der Waals surface area contributed by atoms with Crippen LogP contribution in [-0.4, -0.2) is 34.0 Å². The summed E-state index contributed by atoms with van der Waals surface area (Å²) in [7, 11) is 0. The number of hydrogen-bond acceptors (Lipinski definition) is 5. The Kier molecular flexibility index (Phi) is 5.14. The topological polar surface area (TPSA) is 66.6 Å². The molecule has 1 N–H and O–H groups in total. The van der Waals surface area contributed by atoms with Gasteiger partial charge in [0.25, 0.3) is 0 Å². The molecule has 0 spiro atoms. The van der Waals surface area contributed by atoms with E-state index in [-0.39, 0.29) is 6.54 Å². The third-order valence-electron chi connectivity index (χ3n) is 2.98. The minimum Gasteiger partial charge on any atom is -0.480 e. The smallest absolute Gasteiger partial charge is 0.317 e. The van der Waals surface area contributed by atoms with E-state index in [1.54, 1.807) is 11.3 Å². The molecule has 0 aromatic carbocycles. The van der Waals surface area contributed by atoms with Crippen molar-refractivity contribution >= 4 is 17.3 Å². The fourth-order valence-electron chi connectivity index (χ4n) is 2.18. The highest BCUT2D eigenvalue weighted by molar-refractivity contribution is 7.13. The lowest BCUT2D eigenvalue weighted by Crippen LogP contribution is -2.32. The van der Waals surface area contributed by atoms with Crippen LogP contribution in [0.1, 0.15) is 25.3 Å². The van der Waals surface area contributed by atoms with E-state index >= 15 is 0 Å². The van der Waals surface area contributed by atoms with Gasteiger partial charge in [0.15, 0.2) is 0 Å². The van der Waals surface area contributed by atoms with Crippen LogP contribution in [0.2, 0.25) is 0 Å². The summed E-state index contributed by atoms with van der Waals surface area (Å²) >= 11 is 1.57. The van der Waals surface area contributed by atoms with Crippen LogP contribution in [0.25, 0.3) is 10.8 Å². The fourth-order valence-corrected chi connectivity index (χ4v) is 2.83. The molecule has 2 rings (SSSR count). The van der Waals surface area contributed by atoms with Crippen LogP contribution < -0.4 is 0 Å². The Morgan fingerprint density at radius 1 is 1.52 bits per heavy atom. The fraction of sp³-hybridized carbons (Fsp3) is 0.467. The lowest BCUT2D eigenvalue weighted by molar-refractivity contribution is -0.138. The Balaban J connectivity index is 2.14. The van der Waals surface area contributed by atoms with Gasteiger partial charge < -0.3 is 9.52 Å². The molecule has 0 aliphatic heterocycles. The third-order valence-corrected chi connectivity index (χ3v) is 3.84. The van der Waals surface area contributed by atoms with Crippen LogP contribution in [0.5, 0.6) is 0 Å². The average Bonchev–Trinajstić information content (AvgIpc) is 2.98. The zero-order valence-corrected chi connectivity index (χ0v) is 13.3. The first kappa shape index (κ1) is 15.7. The molecule has 6 heteroatoms. The van der Waals surface area contributed by atoms with Gasteiger partial charge in [0, 0.05) is 13.1 Å². The number of nitrogens with zero attached hydrogens (tertiary/aromatic N) is 2. The van der Waals surface area contributed by atoms with Gasteiger partial charge in [-0.05, 0) is 24.3 Å². The van der Waals surface area contributed by atoms with Crippen molar-refractivity contribution in [2.75, 3.05) is 13.1 Å². The molecule has 2 aromatic heterocycles. The van der Waals surface area contributed by atoms with E-state index in [2.05, 4.69) is 18.8 Å². The maximum Gasteiger partial charge on any atom is 0.317 e. The summed E-state index contributed by atoms with van der Waals surface area (Å²) in [6.07, 6.45) is 0. The highest BCUT2D eigenvalue weighted by atomic mass is 32.1. The number of hydrogen-bond donors (Lipinski definition) is 1. The van der Waals surface area contributed by atoms with Gasteiger partial charge in [0.05, 0.1) is 17.1 Å². The highest BCUT2D eigenvalue weighted by Crippen LogP contribution is 2.26. The summed E-state index contributed by atoms with van der Waals surface area (Å²) in [5.41, 5.74) is 0.806. The van der Waals surface area contributed by atoms with Gasteiger partial charge in [-0.15, -0.1) is 11.3 Å². The Labute approximate surface area is 128 Å². The van der Waals surface area contributed by atoms with Crippen molar-refractivity contribution in [1.29, 1.82) is 0 Å². The second-order valence-electron chi connectivity index (χ2n) is 5.46. The highest BCUT2D eigenvalue weighted by Gasteiger charge is 2.18. The zero-order chi connectivity index (χ0) is 15.4. The van der Waals surface area contributed by atoms with Crippen LogP contribution >= 0.6 is 11.3 Å². The van der Waals surface area contributed by atoms with E-state index in [1.165, 1.54) is 0 Å². The minimum absolute atomic E-state index is 0.0127. The second kappa shape index (κ2) is 6.87. The van der Waals surface area contributed by atoms with E-state index in [0.29, 0.717) is 24.9 Å². The maximum absolute atomic E-state index is 11.0. The maximum atomic E-state index is 11.0. The van der Waals surface area contributed by atoms with Gasteiger partial charge in [-0.1, -0.05) is 19.9 Å². The van der Waals surface area contributed by atoms with Gasteiger partial charge in [-0.3, -0.25) is 9.69 Å². The number of carbonyl (C=O) groups is 1. The zero-order valence-electron chi connectivity index (χ0n) is 12.5. The van der Waals surface area contributed by atoms with E-state index < -0.39 is 5.97 Å². The van der Waals surface area contributed by atoms with Gasteiger partial charge in [-0.25, -0.2) is 4.98 Å². The van der Waals surface area contributed by atoms with Crippen LogP contribution in [0.15, 0.2) is 21.9 Å². The van der Waals surface area contributed by atoms with Gasteiger partial charge in [0.2, 0.25) is 5.89 Å². The molecule has 2 heterocycles. The van der Waals surface area contributed by atoms with Crippen molar-refractivity contribution in [2.24, 2.45) is 5.92 Å². The molecule has 0 radical (unpaired) electrons. The van der Waals surface area contributed by atoms with Crippen LogP contribution in [-0.2, 0) is 11.3 Å². The number of oxazole rings is 1. The molecule has 21 heavy (non-hydrogen) atoms. The molecule has 114 valence electrons. The van der Waals surface area contributed by atoms with Crippen molar-refractivity contribution in [1.82, 2.24) is 9.88 Å². The Bertz CT molecular complexity index is 590. The van der Waals surface area contributed by atoms with Crippen molar-refractivity contribution in [2.45, 2.75) is 27.3 Å². The number of carboxylic acid groups (broad SMARTS) is 1. The molecule has 0 unspecified atom stereocenters. The predicted octanol–water partition coefficient (Wildman–Crippen LogP) is 3.25. The first-order chi connectivity index (χ1) is 9.95. The van der Waals surface area contributed by atoms with E-state index in [1.807, 2.05) is 29.3 Å². The molecule has 2 aromatic rings. The molecular weight excluding hydrogens is 288 g/mol. The van der Waals surface area contributed by atoms with E-state index in [0.717, 1.165) is 16.3 Å². The molecule has 0 saturated carbocycles. The van der Waals surface area contributed by atoms with Crippen LogP contribution in [0.4, 0.5) is 0 Å². The largest absolute Gasteiger partial charge is 0.480 e. The number of aryl methyl sites for hydroxylation is 1. The number of aliphatic carboxylic acids is 1. The standard InChI is InChI=1S/C15H20N2O3S/c1-10(2)7-17(9-14(18)19)8-12-11(3)20-15(16-12)13-5-4-6-21-13/h4-6,10H,7-9H2,1-3H3,(H,18,19). The molecule has 0 aliphatic rings. The summed E-state index contributed by atoms with van der Waals surface area (Å²) < 4.78 is 5.70. The first-order valence-corrected chi connectivity index (χ1v) is 7.78. The average molecular weight is 308 g/mol. The molecule has 0 amide bonds. The molecule has 0 atom stereocenters. The van der Waals surface area contributed by atoms with Crippen molar-refractivity contribution in [3.63, 3.8) is 0 Å².